The lowest BCUT2D eigenvalue weighted by Crippen LogP contribution is -2.31. The van der Waals surface area contributed by atoms with Crippen LogP contribution in [0.4, 0.5) is 0 Å². The Morgan fingerprint density at radius 2 is 1.85 bits per heavy atom. The van der Waals surface area contributed by atoms with Gasteiger partial charge in [-0.2, -0.15) is 0 Å². The Kier molecular flexibility index (Phi) is 5.55. The van der Waals surface area contributed by atoms with Gasteiger partial charge in [-0.15, -0.1) is 0 Å². The molecule has 1 aromatic rings. The van der Waals surface area contributed by atoms with Crippen LogP contribution in [0.5, 0.6) is 5.75 Å². The summed E-state index contributed by atoms with van der Waals surface area (Å²) in [5.74, 6) is -0.864. The van der Waals surface area contributed by atoms with Crippen LogP contribution in [-0.4, -0.2) is 28.6 Å². The highest BCUT2D eigenvalue weighted by molar-refractivity contribution is 5.77. The van der Waals surface area contributed by atoms with Crippen molar-refractivity contribution in [2.75, 3.05) is 6.54 Å². The van der Waals surface area contributed by atoms with Crippen molar-refractivity contribution in [1.29, 1.82) is 0 Å². The van der Waals surface area contributed by atoms with E-state index >= 15 is 0 Å². The van der Waals surface area contributed by atoms with Crippen molar-refractivity contribution in [3.8, 4) is 5.75 Å². The fourth-order valence-corrected chi connectivity index (χ4v) is 2.03. The summed E-state index contributed by atoms with van der Waals surface area (Å²) in [5.41, 5.74) is 0.211. The van der Waals surface area contributed by atoms with Crippen LogP contribution in [0.1, 0.15) is 32.3 Å². The second-order valence-electron chi connectivity index (χ2n) is 5.64. The molecular weight excluding hydrogens is 258 g/mol. The Labute approximate surface area is 118 Å². The summed E-state index contributed by atoms with van der Waals surface area (Å²) in [4.78, 5) is 22.4. The second-order valence-corrected chi connectivity index (χ2v) is 5.64. The predicted molar refractivity (Wildman–Crippen MR) is 75.5 cm³/mol. The molecule has 20 heavy (non-hydrogen) atoms. The number of carboxylic acids is 1. The quantitative estimate of drug-likeness (QED) is 0.712. The molecule has 0 spiro atoms. The number of aromatic hydroxyl groups is 1. The predicted octanol–water partition coefficient (Wildman–Crippen LogP) is 1.94. The van der Waals surface area contributed by atoms with E-state index < -0.39 is 11.4 Å². The van der Waals surface area contributed by atoms with Crippen LogP contribution < -0.4 is 5.32 Å². The van der Waals surface area contributed by atoms with Gasteiger partial charge in [0.2, 0.25) is 5.91 Å². The third-order valence-corrected chi connectivity index (χ3v) is 2.98. The zero-order chi connectivity index (χ0) is 15.2. The summed E-state index contributed by atoms with van der Waals surface area (Å²) in [7, 11) is 0. The van der Waals surface area contributed by atoms with E-state index in [-0.39, 0.29) is 24.5 Å². The third kappa shape index (κ3) is 5.73. The first kappa shape index (κ1) is 16.0. The number of benzene rings is 1. The van der Waals surface area contributed by atoms with Crippen molar-refractivity contribution in [3.05, 3.63) is 29.8 Å². The minimum Gasteiger partial charge on any atom is -0.508 e. The summed E-state index contributed by atoms with van der Waals surface area (Å²) >= 11 is 0. The van der Waals surface area contributed by atoms with Gasteiger partial charge in [0, 0.05) is 13.0 Å². The number of amides is 1. The van der Waals surface area contributed by atoms with Gasteiger partial charge in [0.15, 0.2) is 0 Å². The van der Waals surface area contributed by atoms with E-state index in [1.165, 1.54) is 0 Å². The Bertz CT molecular complexity index is 483. The lowest BCUT2D eigenvalue weighted by atomic mass is 9.85. The number of hydrogen-bond donors (Lipinski definition) is 3. The first-order chi connectivity index (χ1) is 9.30. The molecule has 0 atom stereocenters. The van der Waals surface area contributed by atoms with E-state index in [0.717, 1.165) is 5.56 Å². The summed E-state index contributed by atoms with van der Waals surface area (Å²) in [6.07, 6.45) is 0.664. The van der Waals surface area contributed by atoms with Crippen molar-refractivity contribution in [1.82, 2.24) is 5.32 Å². The number of aliphatic carboxylic acids is 1. The molecule has 0 saturated carbocycles. The van der Waals surface area contributed by atoms with Crippen molar-refractivity contribution in [2.45, 2.75) is 33.1 Å². The molecule has 5 heteroatoms. The lowest BCUT2D eigenvalue weighted by molar-refractivity contribution is -0.139. The van der Waals surface area contributed by atoms with Gasteiger partial charge in [0.05, 0.1) is 6.42 Å². The average Bonchev–Trinajstić information content (AvgIpc) is 2.29. The average molecular weight is 279 g/mol. The Balaban J connectivity index is 2.37. The van der Waals surface area contributed by atoms with Crippen LogP contribution in [-0.2, 0) is 16.0 Å². The Morgan fingerprint density at radius 1 is 1.20 bits per heavy atom. The van der Waals surface area contributed by atoms with Crippen molar-refractivity contribution in [3.63, 3.8) is 0 Å². The smallest absolute Gasteiger partial charge is 0.303 e. The maximum absolute atomic E-state index is 11.7. The minimum atomic E-state index is -0.906. The largest absolute Gasteiger partial charge is 0.508 e. The fraction of sp³-hybridized carbons (Fsp3) is 0.467. The highest BCUT2D eigenvalue weighted by Gasteiger charge is 2.24. The Morgan fingerprint density at radius 3 is 2.45 bits per heavy atom. The highest BCUT2D eigenvalue weighted by atomic mass is 16.4. The zero-order valence-corrected chi connectivity index (χ0v) is 11.8. The molecule has 0 aliphatic heterocycles. The molecule has 5 nitrogen and oxygen atoms in total. The standard InChI is InChI=1S/C15H21NO4/c1-15(2,10-14(19)20)9-13(18)16-8-7-11-5-3-4-6-12(11)17/h3-6,17H,7-10H2,1-2H3,(H,16,18)(H,19,20). The number of carboxylic acid groups (broad SMARTS) is 1. The molecule has 110 valence electrons. The van der Waals surface area contributed by atoms with Gasteiger partial charge in [-0.1, -0.05) is 32.0 Å². The fourth-order valence-electron chi connectivity index (χ4n) is 2.03. The number of rotatable bonds is 7. The molecular formula is C15H21NO4. The molecule has 0 radical (unpaired) electrons. The lowest BCUT2D eigenvalue weighted by Gasteiger charge is -2.21. The molecule has 0 unspecified atom stereocenters. The maximum atomic E-state index is 11.7. The molecule has 0 bridgehead atoms. The molecule has 0 fully saturated rings. The van der Waals surface area contributed by atoms with Crippen LogP contribution in [0.3, 0.4) is 0 Å². The summed E-state index contributed by atoms with van der Waals surface area (Å²) in [6, 6.07) is 6.97. The zero-order valence-electron chi connectivity index (χ0n) is 11.8. The molecule has 0 aliphatic rings. The molecule has 0 aliphatic carbocycles. The summed E-state index contributed by atoms with van der Waals surface area (Å²) in [5, 5.41) is 21.1. The number of hydrogen-bond acceptors (Lipinski definition) is 3. The Hall–Kier alpha value is -2.04. The van der Waals surface area contributed by atoms with Gasteiger partial charge >= 0.3 is 5.97 Å². The van der Waals surface area contributed by atoms with Gasteiger partial charge < -0.3 is 15.5 Å². The van der Waals surface area contributed by atoms with Crippen molar-refractivity contribution in [2.24, 2.45) is 5.41 Å². The van der Waals surface area contributed by atoms with Crippen LogP contribution in [0, 0.1) is 5.41 Å². The van der Waals surface area contributed by atoms with Crippen molar-refractivity contribution >= 4 is 11.9 Å². The van der Waals surface area contributed by atoms with E-state index in [1.807, 2.05) is 6.07 Å². The molecule has 3 N–H and O–H groups in total. The highest BCUT2D eigenvalue weighted by Crippen LogP contribution is 2.24. The van der Waals surface area contributed by atoms with Gasteiger partial charge in [-0.25, -0.2) is 0 Å². The van der Waals surface area contributed by atoms with Gasteiger partial charge in [0.1, 0.15) is 5.75 Å². The normalized spacial score (nSPS) is 11.1. The topological polar surface area (TPSA) is 86.6 Å². The van der Waals surface area contributed by atoms with Crippen molar-refractivity contribution < 1.29 is 19.8 Å². The van der Waals surface area contributed by atoms with E-state index in [1.54, 1.807) is 32.0 Å². The van der Waals surface area contributed by atoms with E-state index in [0.29, 0.717) is 13.0 Å². The monoisotopic (exact) mass is 279 g/mol. The van der Waals surface area contributed by atoms with Crippen LogP contribution in [0.15, 0.2) is 24.3 Å². The molecule has 1 aromatic carbocycles. The minimum absolute atomic E-state index is 0.0418. The van der Waals surface area contributed by atoms with Crippen LogP contribution in [0.25, 0.3) is 0 Å². The number of phenolic OH excluding ortho intramolecular Hbond substituents is 1. The number of para-hydroxylation sites is 1. The number of phenols is 1. The molecule has 0 heterocycles. The van der Waals surface area contributed by atoms with Crippen LogP contribution >= 0.6 is 0 Å². The maximum Gasteiger partial charge on any atom is 0.303 e. The first-order valence-corrected chi connectivity index (χ1v) is 6.55. The summed E-state index contributed by atoms with van der Waals surface area (Å²) in [6.45, 7) is 3.92. The first-order valence-electron chi connectivity index (χ1n) is 6.55. The molecule has 0 saturated heterocycles. The SMILES string of the molecule is CC(C)(CC(=O)O)CC(=O)NCCc1ccccc1O. The van der Waals surface area contributed by atoms with Gasteiger partial charge in [-0.3, -0.25) is 9.59 Å². The van der Waals surface area contributed by atoms with E-state index in [9.17, 15) is 14.7 Å². The molecule has 1 rings (SSSR count). The van der Waals surface area contributed by atoms with E-state index in [2.05, 4.69) is 5.32 Å². The number of carbonyl (C=O) groups excluding carboxylic acids is 1. The van der Waals surface area contributed by atoms with Gasteiger partial charge in [0.25, 0.3) is 0 Å². The van der Waals surface area contributed by atoms with E-state index in [4.69, 9.17) is 5.11 Å². The van der Waals surface area contributed by atoms with Crippen LogP contribution in [0.2, 0.25) is 0 Å². The summed E-state index contributed by atoms with van der Waals surface area (Å²) < 4.78 is 0. The molecule has 1 amide bonds. The second kappa shape index (κ2) is 6.93. The number of carbonyl (C=O) groups is 2. The number of nitrogens with one attached hydrogen (secondary N) is 1. The molecule has 0 aromatic heterocycles. The van der Waals surface area contributed by atoms with Gasteiger partial charge in [-0.05, 0) is 23.5 Å². The third-order valence-electron chi connectivity index (χ3n) is 2.98.